The van der Waals surface area contributed by atoms with E-state index in [1.165, 1.54) is 11.1 Å². The number of carbonyl (C=O) groups is 1. The van der Waals surface area contributed by atoms with E-state index in [2.05, 4.69) is 30.5 Å². The number of hydrogen-bond donors (Lipinski definition) is 2. The first kappa shape index (κ1) is 11.7. The molecule has 2 N–H and O–H groups in total. The lowest BCUT2D eigenvalue weighted by atomic mass is 9.98. The molecule has 3 rings (SSSR count). The first-order valence-electron chi connectivity index (χ1n) is 6.70. The van der Waals surface area contributed by atoms with E-state index in [4.69, 9.17) is 0 Å². The number of hydrogen-bond acceptors (Lipinski definition) is 2. The largest absolute Gasteiger partial charge is 0.349 e. The van der Waals surface area contributed by atoms with Crippen molar-refractivity contribution in [2.24, 2.45) is 5.41 Å². The minimum absolute atomic E-state index is 0.0685. The van der Waals surface area contributed by atoms with Gasteiger partial charge in [-0.15, -0.1) is 0 Å². The van der Waals surface area contributed by atoms with Crippen LogP contribution in [0.25, 0.3) is 0 Å². The summed E-state index contributed by atoms with van der Waals surface area (Å²) >= 11 is 0. The van der Waals surface area contributed by atoms with Crippen molar-refractivity contribution < 1.29 is 4.79 Å². The number of benzene rings is 1. The van der Waals surface area contributed by atoms with Crippen LogP contribution in [0.5, 0.6) is 0 Å². The molecule has 1 saturated carbocycles. The summed E-state index contributed by atoms with van der Waals surface area (Å²) in [6.07, 6.45) is 2.15. The first-order valence-corrected chi connectivity index (χ1v) is 6.70. The first-order chi connectivity index (χ1) is 8.56. The van der Waals surface area contributed by atoms with Gasteiger partial charge in [0.1, 0.15) is 0 Å². The molecule has 0 saturated heterocycles. The quantitative estimate of drug-likeness (QED) is 0.833. The summed E-state index contributed by atoms with van der Waals surface area (Å²) in [5, 5.41) is 6.45. The second-order valence-corrected chi connectivity index (χ2v) is 6.13. The SMILES string of the molecule is CC1(C)CC1NC(=O)c1ccc2c(c1)CNCC2. The van der Waals surface area contributed by atoms with Gasteiger partial charge in [0.05, 0.1) is 0 Å². The maximum absolute atomic E-state index is 12.1. The lowest BCUT2D eigenvalue weighted by Gasteiger charge is -2.17. The lowest BCUT2D eigenvalue weighted by molar-refractivity contribution is 0.0946. The van der Waals surface area contributed by atoms with E-state index < -0.39 is 0 Å². The monoisotopic (exact) mass is 244 g/mol. The van der Waals surface area contributed by atoms with Gasteiger partial charge in [-0.3, -0.25) is 4.79 Å². The van der Waals surface area contributed by atoms with E-state index >= 15 is 0 Å². The summed E-state index contributed by atoms with van der Waals surface area (Å²) in [6.45, 7) is 6.30. The molecule has 1 atom stereocenters. The molecule has 1 heterocycles. The fraction of sp³-hybridized carbons (Fsp3) is 0.533. The molecule has 1 aliphatic heterocycles. The predicted octanol–water partition coefficient (Wildman–Crippen LogP) is 1.86. The number of fused-ring (bicyclic) bond motifs is 1. The van der Waals surface area contributed by atoms with Crippen LogP contribution >= 0.6 is 0 Å². The van der Waals surface area contributed by atoms with Gasteiger partial charge in [-0.25, -0.2) is 0 Å². The van der Waals surface area contributed by atoms with Crippen molar-refractivity contribution in [2.45, 2.75) is 39.3 Å². The van der Waals surface area contributed by atoms with Crippen LogP contribution in [0, 0.1) is 5.41 Å². The maximum Gasteiger partial charge on any atom is 0.251 e. The fourth-order valence-corrected chi connectivity index (χ4v) is 2.58. The molecule has 1 fully saturated rings. The minimum atomic E-state index is 0.0685. The highest BCUT2D eigenvalue weighted by molar-refractivity contribution is 5.95. The van der Waals surface area contributed by atoms with Crippen LogP contribution in [-0.4, -0.2) is 18.5 Å². The Bertz CT molecular complexity index is 493. The number of nitrogens with one attached hydrogen (secondary N) is 2. The third-order valence-electron chi connectivity index (χ3n) is 4.17. The zero-order chi connectivity index (χ0) is 12.8. The average molecular weight is 244 g/mol. The highest BCUT2D eigenvalue weighted by Gasteiger charge is 2.46. The topological polar surface area (TPSA) is 41.1 Å². The van der Waals surface area contributed by atoms with Gasteiger partial charge in [0.25, 0.3) is 5.91 Å². The molecular weight excluding hydrogens is 224 g/mol. The Labute approximate surface area is 108 Å². The Morgan fingerprint density at radius 3 is 2.89 bits per heavy atom. The molecule has 1 aliphatic carbocycles. The molecule has 3 nitrogen and oxygen atoms in total. The summed E-state index contributed by atoms with van der Waals surface area (Å²) in [5.74, 6) is 0.0685. The van der Waals surface area contributed by atoms with Gasteiger partial charge in [0.2, 0.25) is 0 Å². The predicted molar refractivity (Wildman–Crippen MR) is 71.5 cm³/mol. The molecule has 2 aliphatic rings. The molecule has 1 aromatic rings. The van der Waals surface area contributed by atoms with Crippen molar-refractivity contribution in [2.75, 3.05) is 6.54 Å². The maximum atomic E-state index is 12.1. The van der Waals surface area contributed by atoms with Crippen LogP contribution in [0.3, 0.4) is 0 Å². The fourth-order valence-electron chi connectivity index (χ4n) is 2.58. The van der Waals surface area contributed by atoms with Crippen LogP contribution in [-0.2, 0) is 13.0 Å². The molecule has 1 unspecified atom stereocenters. The number of rotatable bonds is 2. The highest BCUT2D eigenvalue weighted by atomic mass is 16.1. The van der Waals surface area contributed by atoms with Crippen molar-refractivity contribution >= 4 is 5.91 Å². The van der Waals surface area contributed by atoms with Gasteiger partial charge in [-0.05, 0) is 48.1 Å². The second kappa shape index (κ2) is 4.09. The Morgan fingerprint density at radius 1 is 1.39 bits per heavy atom. The minimum Gasteiger partial charge on any atom is -0.349 e. The van der Waals surface area contributed by atoms with Crippen molar-refractivity contribution in [1.82, 2.24) is 10.6 Å². The van der Waals surface area contributed by atoms with E-state index in [-0.39, 0.29) is 11.3 Å². The normalized spacial score (nSPS) is 24.2. The Morgan fingerprint density at radius 2 is 2.17 bits per heavy atom. The van der Waals surface area contributed by atoms with E-state index in [9.17, 15) is 4.79 Å². The smallest absolute Gasteiger partial charge is 0.251 e. The Kier molecular flexibility index (Phi) is 2.67. The van der Waals surface area contributed by atoms with Crippen molar-refractivity contribution in [3.63, 3.8) is 0 Å². The summed E-state index contributed by atoms with van der Waals surface area (Å²) < 4.78 is 0. The molecule has 0 spiro atoms. The van der Waals surface area contributed by atoms with Gasteiger partial charge in [0.15, 0.2) is 0 Å². The average Bonchev–Trinajstić information content (AvgIpc) is 2.95. The van der Waals surface area contributed by atoms with E-state index in [1.807, 2.05) is 12.1 Å². The zero-order valence-corrected chi connectivity index (χ0v) is 11.0. The molecular formula is C15H20N2O. The molecule has 3 heteroatoms. The zero-order valence-electron chi connectivity index (χ0n) is 11.0. The van der Waals surface area contributed by atoms with Gasteiger partial charge < -0.3 is 10.6 Å². The van der Waals surface area contributed by atoms with Crippen LogP contribution in [0.2, 0.25) is 0 Å². The van der Waals surface area contributed by atoms with Crippen LogP contribution < -0.4 is 10.6 Å². The van der Waals surface area contributed by atoms with Gasteiger partial charge in [-0.2, -0.15) is 0 Å². The number of carbonyl (C=O) groups excluding carboxylic acids is 1. The van der Waals surface area contributed by atoms with Crippen LogP contribution in [0.1, 0.15) is 41.8 Å². The van der Waals surface area contributed by atoms with Crippen LogP contribution in [0.4, 0.5) is 0 Å². The standard InChI is InChI=1S/C15H20N2O/c1-15(2)8-13(15)17-14(18)11-4-3-10-5-6-16-9-12(10)7-11/h3-4,7,13,16H,5-6,8-9H2,1-2H3,(H,17,18). The lowest BCUT2D eigenvalue weighted by Crippen LogP contribution is -2.29. The summed E-state index contributed by atoms with van der Waals surface area (Å²) in [6, 6.07) is 6.43. The third kappa shape index (κ3) is 2.15. The van der Waals surface area contributed by atoms with E-state index in [0.717, 1.165) is 31.5 Å². The molecule has 1 aromatic carbocycles. The van der Waals surface area contributed by atoms with E-state index in [1.54, 1.807) is 0 Å². The molecule has 0 bridgehead atoms. The molecule has 18 heavy (non-hydrogen) atoms. The molecule has 1 amide bonds. The van der Waals surface area contributed by atoms with Gasteiger partial charge in [-0.1, -0.05) is 19.9 Å². The van der Waals surface area contributed by atoms with E-state index in [0.29, 0.717) is 6.04 Å². The summed E-state index contributed by atoms with van der Waals surface area (Å²) in [7, 11) is 0. The van der Waals surface area contributed by atoms with Crippen LogP contribution in [0.15, 0.2) is 18.2 Å². The highest BCUT2D eigenvalue weighted by Crippen LogP contribution is 2.44. The summed E-state index contributed by atoms with van der Waals surface area (Å²) in [5.41, 5.74) is 3.71. The van der Waals surface area contributed by atoms with Crippen molar-refractivity contribution in [1.29, 1.82) is 0 Å². The van der Waals surface area contributed by atoms with Crippen molar-refractivity contribution in [3.05, 3.63) is 34.9 Å². The van der Waals surface area contributed by atoms with Gasteiger partial charge in [0, 0.05) is 18.2 Å². The second-order valence-electron chi connectivity index (χ2n) is 6.13. The Hall–Kier alpha value is -1.35. The number of amides is 1. The summed E-state index contributed by atoms with van der Waals surface area (Å²) in [4.78, 5) is 12.1. The van der Waals surface area contributed by atoms with Crippen molar-refractivity contribution in [3.8, 4) is 0 Å². The molecule has 0 aromatic heterocycles. The Balaban J connectivity index is 1.74. The van der Waals surface area contributed by atoms with Gasteiger partial charge >= 0.3 is 0 Å². The molecule has 0 radical (unpaired) electrons. The third-order valence-corrected chi connectivity index (χ3v) is 4.17. The molecule has 96 valence electrons.